The Morgan fingerprint density at radius 2 is 2.11 bits per heavy atom. The van der Waals surface area contributed by atoms with Gasteiger partial charge in [-0.3, -0.25) is 10.1 Å². The molecule has 1 fully saturated rings. The second-order valence-electron chi connectivity index (χ2n) is 5.84. The Morgan fingerprint density at radius 3 is 2.85 bits per heavy atom. The lowest BCUT2D eigenvalue weighted by molar-refractivity contribution is -0.111. The van der Waals surface area contributed by atoms with Gasteiger partial charge in [-0.15, -0.1) is 10.2 Å². The van der Waals surface area contributed by atoms with Gasteiger partial charge in [-0.05, 0) is 50.5 Å². The summed E-state index contributed by atoms with van der Waals surface area (Å²) in [6.45, 7) is 5.69. The molecular weight excluding hydrogens is 366 g/mol. The Kier molecular flexibility index (Phi) is 6.78. The Labute approximate surface area is 162 Å². The molecule has 0 saturated carbocycles. The van der Waals surface area contributed by atoms with Crippen LogP contribution in [0.4, 0.5) is 5.13 Å². The molecule has 1 aliphatic heterocycles. The van der Waals surface area contributed by atoms with Crippen molar-refractivity contribution in [1.29, 1.82) is 0 Å². The summed E-state index contributed by atoms with van der Waals surface area (Å²) in [5.41, 5.74) is 0.842. The number of nitrogens with one attached hydrogen (secondary N) is 1. The number of aromatic nitrogens is 2. The molecule has 1 atom stereocenters. The predicted octanol–water partition coefficient (Wildman–Crippen LogP) is 3.84. The number of amides is 1. The van der Waals surface area contributed by atoms with E-state index in [9.17, 15) is 4.79 Å². The number of hydrogen-bond donors (Lipinski definition) is 1. The quantitative estimate of drug-likeness (QED) is 0.691. The molecule has 0 aliphatic carbocycles. The SMILES string of the molecule is CCOc1ccc(/C=C\C(=O)Nc2nnc([C@H]3CCCO3)s2)cc1OCC. The van der Waals surface area contributed by atoms with Gasteiger partial charge in [0.15, 0.2) is 11.5 Å². The van der Waals surface area contributed by atoms with Crippen LogP contribution in [0.3, 0.4) is 0 Å². The van der Waals surface area contributed by atoms with Crippen molar-refractivity contribution in [2.24, 2.45) is 0 Å². The van der Waals surface area contributed by atoms with Crippen LogP contribution in [-0.2, 0) is 9.53 Å². The zero-order chi connectivity index (χ0) is 19.1. The molecule has 7 nitrogen and oxygen atoms in total. The summed E-state index contributed by atoms with van der Waals surface area (Å²) in [5, 5.41) is 12.1. The predicted molar refractivity (Wildman–Crippen MR) is 104 cm³/mol. The number of rotatable bonds is 8. The normalized spacial score (nSPS) is 16.6. The summed E-state index contributed by atoms with van der Waals surface area (Å²) < 4.78 is 16.7. The van der Waals surface area contributed by atoms with Crippen LogP contribution in [0.1, 0.15) is 43.4 Å². The monoisotopic (exact) mass is 389 g/mol. The maximum Gasteiger partial charge on any atom is 0.250 e. The Hall–Kier alpha value is -2.45. The fourth-order valence-corrected chi connectivity index (χ4v) is 3.51. The zero-order valence-corrected chi connectivity index (χ0v) is 16.3. The molecular formula is C19H23N3O4S. The number of nitrogens with zero attached hydrogens (tertiary/aromatic N) is 2. The molecule has 144 valence electrons. The summed E-state index contributed by atoms with van der Waals surface area (Å²) in [6, 6.07) is 5.56. The highest BCUT2D eigenvalue weighted by Crippen LogP contribution is 2.32. The van der Waals surface area contributed by atoms with Crippen LogP contribution < -0.4 is 14.8 Å². The van der Waals surface area contributed by atoms with Crippen molar-refractivity contribution in [2.75, 3.05) is 25.1 Å². The fraction of sp³-hybridized carbons (Fsp3) is 0.421. The van der Waals surface area contributed by atoms with E-state index in [1.54, 1.807) is 6.08 Å². The number of ether oxygens (including phenoxy) is 3. The number of anilines is 1. The minimum Gasteiger partial charge on any atom is -0.490 e. The van der Waals surface area contributed by atoms with Crippen LogP contribution in [0.25, 0.3) is 6.08 Å². The molecule has 2 aromatic rings. The molecule has 0 unspecified atom stereocenters. The van der Waals surface area contributed by atoms with E-state index in [1.165, 1.54) is 17.4 Å². The fourth-order valence-electron chi connectivity index (χ4n) is 2.68. The molecule has 1 aromatic carbocycles. The van der Waals surface area contributed by atoms with Crippen LogP contribution in [0.15, 0.2) is 24.3 Å². The van der Waals surface area contributed by atoms with Crippen LogP contribution in [-0.4, -0.2) is 35.9 Å². The lowest BCUT2D eigenvalue weighted by Gasteiger charge is -2.11. The first-order chi connectivity index (χ1) is 13.2. The highest BCUT2D eigenvalue weighted by atomic mass is 32.1. The summed E-state index contributed by atoms with van der Waals surface area (Å²) in [5.74, 6) is 1.08. The van der Waals surface area contributed by atoms with Gasteiger partial charge in [-0.2, -0.15) is 0 Å². The second-order valence-corrected chi connectivity index (χ2v) is 6.85. The Bertz CT molecular complexity index is 800. The first-order valence-electron chi connectivity index (χ1n) is 9.03. The van der Waals surface area contributed by atoms with Crippen LogP contribution in [0.5, 0.6) is 11.5 Å². The maximum atomic E-state index is 12.2. The summed E-state index contributed by atoms with van der Waals surface area (Å²) in [7, 11) is 0. The third-order valence-electron chi connectivity index (χ3n) is 3.87. The van der Waals surface area contributed by atoms with Crippen LogP contribution in [0.2, 0.25) is 0 Å². The Balaban J connectivity index is 1.61. The minimum atomic E-state index is -0.267. The topological polar surface area (TPSA) is 82.6 Å². The van der Waals surface area contributed by atoms with Crippen molar-refractivity contribution < 1.29 is 19.0 Å². The number of benzene rings is 1. The van der Waals surface area contributed by atoms with E-state index in [1.807, 2.05) is 32.0 Å². The highest BCUT2D eigenvalue weighted by molar-refractivity contribution is 7.15. The first-order valence-corrected chi connectivity index (χ1v) is 9.85. The number of carbonyl (C=O) groups excluding carboxylic acids is 1. The van der Waals surface area contributed by atoms with Crippen molar-refractivity contribution in [2.45, 2.75) is 32.8 Å². The van der Waals surface area contributed by atoms with E-state index < -0.39 is 0 Å². The smallest absolute Gasteiger partial charge is 0.250 e. The minimum absolute atomic E-state index is 0.00420. The van der Waals surface area contributed by atoms with E-state index >= 15 is 0 Å². The molecule has 0 spiro atoms. The molecule has 1 saturated heterocycles. The third kappa shape index (κ3) is 5.27. The molecule has 8 heteroatoms. The highest BCUT2D eigenvalue weighted by Gasteiger charge is 2.22. The van der Waals surface area contributed by atoms with Crippen LogP contribution >= 0.6 is 11.3 Å². The van der Waals surface area contributed by atoms with Crippen molar-refractivity contribution in [1.82, 2.24) is 10.2 Å². The lowest BCUT2D eigenvalue weighted by atomic mass is 10.2. The van der Waals surface area contributed by atoms with Crippen molar-refractivity contribution in [3.63, 3.8) is 0 Å². The molecule has 1 amide bonds. The average molecular weight is 389 g/mol. The molecule has 27 heavy (non-hydrogen) atoms. The van der Waals surface area contributed by atoms with E-state index in [4.69, 9.17) is 14.2 Å². The van der Waals surface area contributed by atoms with Crippen molar-refractivity contribution in [3.8, 4) is 11.5 Å². The van der Waals surface area contributed by atoms with Gasteiger partial charge in [-0.25, -0.2) is 0 Å². The largest absolute Gasteiger partial charge is 0.490 e. The number of carbonyl (C=O) groups is 1. The maximum absolute atomic E-state index is 12.2. The van der Waals surface area contributed by atoms with E-state index in [-0.39, 0.29) is 12.0 Å². The van der Waals surface area contributed by atoms with Gasteiger partial charge < -0.3 is 14.2 Å². The molecule has 1 aromatic heterocycles. The van der Waals surface area contributed by atoms with Gasteiger partial charge in [-0.1, -0.05) is 17.4 Å². The standard InChI is InChI=1S/C19H23N3O4S/c1-3-24-14-9-7-13(12-16(14)25-4-2)8-10-17(23)20-19-22-21-18(27-19)15-6-5-11-26-15/h7-10,12,15H,3-6,11H2,1-2H3,(H,20,22,23)/b10-8-/t15-/m1/s1. The zero-order valence-electron chi connectivity index (χ0n) is 15.4. The molecule has 3 rings (SSSR count). The summed E-state index contributed by atoms with van der Waals surface area (Å²) >= 11 is 1.35. The van der Waals surface area contributed by atoms with Crippen molar-refractivity contribution in [3.05, 3.63) is 34.8 Å². The summed E-state index contributed by atoms with van der Waals surface area (Å²) in [4.78, 5) is 12.2. The van der Waals surface area contributed by atoms with Gasteiger partial charge >= 0.3 is 0 Å². The van der Waals surface area contributed by atoms with E-state index in [0.717, 1.165) is 30.0 Å². The van der Waals surface area contributed by atoms with Gasteiger partial charge in [0.25, 0.3) is 0 Å². The Morgan fingerprint density at radius 1 is 1.30 bits per heavy atom. The third-order valence-corrected chi connectivity index (χ3v) is 4.80. The summed E-state index contributed by atoms with van der Waals surface area (Å²) in [6.07, 6.45) is 5.15. The van der Waals surface area contributed by atoms with Gasteiger partial charge in [0, 0.05) is 12.7 Å². The first kappa shape index (κ1) is 19.3. The molecule has 1 aliphatic rings. The van der Waals surface area contributed by atoms with Gasteiger partial charge in [0.2, 0.25) is 11.0 Å². The average Bonchev–Trinajstić information content (AvgIpc) is 3.34. The lowest BCUT2D eigenvalue weighted by Crippen LogP contribution is -2.07. The molecule has 1 N–H and O–H groups in total. The van der Waals surface area contributed by atoms with Gasteiger partial charge in [0.1, 0.15) is 11.1 Å². The van der Waals surface area contributed by atoms with Crippen LogP contribution in [0, 0.1) is 0 Å². The molecule has 0 bridgehead atoms. The molecule has 0 radical (unpaired) electrons. The van der Waals surface area contributed by atoms with E-state index in [0.29, 0.717) is 29.8 Å². The number of hydrogen-bond acceptors (Lipinski definition) is 7. The van der Waals surface area contributed by atoms with E-state index in [2.05, 4.69) is 15.5 Å². The second kappa shape index (κ2) is 9.48. The van der Waals surface area contributed by atoms with Crippen molar-refractivity contribution >= 4 is 28.5 Å². The van der Waals surface area contributed by atoms with Gasteiger partial charge in [0.05, 0.1) is 13.2 Å². The molecule has 2 heterocycles.